The Kier molecular flexibility index (Phi) is 6.06. The topological polar surface area (TPSA) is 65.8 Å². The summed E-state index contributed by atoms with van der Waals surface area (Å²) in [6.07, 6.45) is 1.98. The highest BCUT2D eigenvalue weighted by molar-refractivity contribution is 6.33. The van der Waals surface area contributed by atoms with Crippen LogP contribution >= 0.6 is 11.6 Å². The van der Waals surface area contributed by atoms with Crippen molar-refractivity contribution >= 4 is 34.8 Å². The third-order valence-corrected chi connectivity index (χ3v) is 4.77. The molecule has 1 aromatic heterocycles. The average molecular weight is 390 g/mol. The van der Waals surface area contributed by atoms with Crippen molar-refractivity contribution in [2.24, 2.45) is 5.92 Å². The van der Waals surface area contributed by atoms with Gasteiger partial charge in [-0.15, -0.1) is 0 Å². The van der Waals surface area contributed by atoms with Gasteiger partial charge in [0.15, 0.2) is 5.76 Å². The second-order valence-electron chi connectivity index (χ2n) is 7.07. The van der Waals surface area contributed by atoms with Crippen LogP contribution in [-0.4, -0.2) is 42.9 Å². The van der Waals surface area contributed by atoms with Gasteiger partial charge in [-0.3, -0.25) is 9.59 Å². The smallest absolute Gasteiger partial charge is 0.289 e. The fourth-order valence-electron chi connectivity index (χ4n) is 3.13. The van der Waals surface area contributed by atoms with Crippen molar-refractivity contribution in [1.29, 1.82) is 0 Å². The Balaban J connectivity index is 1.59. The first-order valence-corrected chi connectivity index (χ1v) is 9.49. The maximum atomic E-state index is 12.3. The van der Waals surface area contributed by atoms with Crippen LogP contribution in [0.2, 0.25) is 5.02 Å². The zero-order valence-electron chi connectivity index (χ0n) is 15.6. The summed E-state index contributed by atoms with van der Waals surface area (Å²) in [5, 5.41) is 3.46. The van der Waals surface area contributed by atoms with E-state index in [1.54, 1.807) is 23.1 Å². The number of anilines is 2. The van der Waals surface area contributed by atoms with Gasteiger partial charge in [0.25, 0.3) is 5.91 Å². The number of hydrogen-bond acceptors (Lipinski definition) is 4. The van der Waals surface area contributed by atoms with Crippen molar-refractivity contribution in [1.82, 2.24) is 4.90 Å². The molecule has 0 unspecified atom stereocenters. The molecule has 1 aliphatic heterocycles. The molecule has 7 heteroatoms. The molecule has 0 spiro atoms. The Labute approximate surface area is 164 Å². The molecule has 1 saturated heterocycles. The van der Waals surface area contributed by atoms with E-state index in [0.29, 0.717) is 55.0 Å². The number of furan rings is 1. The predicted molar refractivity (Wildman–Crippen MR) is 106 cm³/mol. The average Bonchev–Trinajstić information content (AvgIpc) is 3.15. The number of amides is 2. The summed E-state index contributed by atoms with van der Waals surface area (Å²) >= 11 is 6.44. The zero-order chi connectivity index (χ0) is 19.4. The zero-order valence-corrected chi connectivity index (χ0v) is 16.3. The van der Waals surface area contributed by atoms with E-state index in [2.05, 4.69) is 10.2 Å². The maximum Gasteiger partial charge on any atom is 0.289 e. The molecule has 3 rings (SSSR count). The molecule has 1 aromatic carbocycles. The Morgan fingerprint density at radius 3 is 2.52 bits per heavy atom. The van der Waals surface area contributed by atoms with Crippen LogP contribution in [0, 0.1) is 5.92 Å². The molecule has 1 aliphatic rings. The van der Waals surface area contributed by atoms with Crippen LogP contribution in [-0.2, 0) is 4.79 Å². The third kappa shape index (κ3) is 4.83. The number of rotatable bonds is 5. The van der Waals surface area contributed by atoms with E-state index in [9.17, 15) is 9.59 Å². The lowest BCUT2D eigenvalue weighted by molar-refractivity contribution is -0.116. The molecule has 144 valence electrons. The lowest BCUT2D eigenvalue weighted by Crippen LogP contribution is -2.48. The van der Waals surface area contributed by atoms with Crippen LogP contribution in [0.4, 0.5) is 11.4 Å². The molecule has 2 amide bonds. The molecule has 2 aromatic rings. The number of piperazine rings is 1. The van der Waals surface area contributed by atoms with Gasteiger partial charge >= 0.3 is 0 Å². The summed E-state index contributed by atoms with van der Waals surface area (Å²) in [6.45, 7) is 6.58. The van der Waals surface area contributed by atoms with Crippen LogP contribution in [0.3, 0.4) is 0 Å². The Morgan fingerprint density at radius 2 is 1.93 bits per heavy atom. The first-order valence-electron chi connectivity index (χ1n) is 9.11. The van der Waals surface area contributed by atoms with Gasteiger partial charge in [0.05, 0.1) is 17.0 Å². The summed E-state index contributed by atoms with van der Waals surface area (Å²) in [6, 6.07) is 8.94. The minimum absolute atomic E-state index is 0.0149. The molecule has 1 fully saturated rings. The lowest BCUT2D eigenvalue weighted by atomic mass is 10.1. The molecule has 0 radical (unpaired) electrons. The normalized spacial score (nSPS) is 14.5. The van der Waals surface area contributed by atoms with Crippen molar-refractivity contribution in [3.8, 4) is 0 Å². The largest absolute Gasteiger partial charge is 0.459 e. The van der Waals surface area contributed by atoms with Crippen LogP contribution < -0.4 is 10.2 Å². The predicted octanol–water partition coefficient (Wildman–Crippen LogP) is 3.88. The maximum absolute atomic E-state index is 12.3. The van der Waals surface area contributed by atoms with E-state index < -0.39 is 0 Å². The molecule has 6 nitrogen and oxygen atoms in total. The van der Waals surface area contributed by atoms with Crippen molar-refractivity contribution in [2.45, 2.75) is 20.3 Å². The van der Waals surface area contributed by atoms with Crippen LogP contribution in [0.15, 0.2) is 41.0 Å². The molecule has 2 heterocycles. The van der Waals surface area contributed by atoms with Gasteiger partial charge in [-0.25, -0.2) is 0 Å². The quantitative estimate of drug-likeness (QED) is 0.842. The number of carbonyl (C=O) groups is 2. The second-order valence-corrected chi connectivity index (χ2v) is 7.48. The van der Waals surface area contributed by atoms with Gasteiger partial charge in [-0.05, 0) is 36.2 Å². The number of benzene rings is 1. The highest BCUT2D eigenvalue weighted by Gasteiger charge is 2.24. The van der Waals surface area contributed by atoms with Crippen LogP contribution in [0.5, 0.6) is 0 Å². The highest BCUT2D eigenvalue weighted by atomic mass is 35.5. The lowest BCUT2D eigenvalue weighted by Gasteiger charge is -2.36. The molecule has 27 heavy (non-hydrogen) atoms. The Bertz CT molecular complexity index is 797. The minimum Gasteiger partial charge on any atom is -0.459 e. The number of carbonyl (C=O) groups excluding carboxylic acids is 2. The van der Waals surface area contributed by atoms with Crippen molar-refractivity contribution in [3.63, 3.8) is 0 Å². The first-order chi connectivity index (χ1) is 12.9. The molecule has 0 saturated carbocycles. The third-order valence-electron chi connectivity index (χ3n) is 4.46. The van der Waals surface area contributed by atoms with Crippen molar-refractivity contribution in [3.05, 3.63) is 47.4 Å². The molecule has 0 bridgehead atoms. The summed E-state index contributed by atoms with van der Waals surface area (Å²) in [7, 11) is 0. The summed E-state index contributed by atoms with van der Waals surface area (Å²) in [4.78, 5) is 28.2. The van der Waals surface area contributed by atoms with E-state index in [4.69, 9.17) is 16.0 Å². The fourth-order valence-corrected chi connectivity index (χ4v) is 3.43. The van der Waals surface area contributed by atoms with Gasteiger partial charge in [0.1, 0.15) is 0 Å². The van der Waals surface area contributed by atoms with Crippen LogP contribution in [0.25, 0.3) is 0 Å². The molecule has 0 aliphatic carbocycles. The summed E-state index contributed by atoms with van der Waals surface area (Å²) in [5.74, 6) is 0.565. The molecule has 1 N–H and O–H groups in total. The molecular weight excluding hydrogens is 366 g/mol. The van der Waals surface area contributed by atoms with E-state index in [1.807, 2.05) is 26.0 Å². The van der Waals surface area contributed by atoms with Crippen molar-refractivity contribution in [2.75, 3.05) is 36.4 Å². The minimum atomic E-state index is -0.0889. The van der Waals surface area contributed by atoms with Gasteiger partial charge in [-0.2, -0.15) is 0 Å². The molecule has 0 atom stereocenters. The SMILES string of the molecule is CC(C)CC(=O)Nc1ccc(N2CCN(C(=O)c3ccco3)CC2)c(Cl)c1. The monoisotopic (exact) mass is 389 g/mol. The van der Waals surface area contributed by atoms with E-state index >= 15 is 0 Å². The van der Waals surface area contributed by atoms with Gasteiger partial charge in [-0.1, -0.05) is 25.4 Å². The highest BCUT2D eigenvalue weighted by Crippen LogP contribution is 2.30. The fraction of sp³-hybridized carbons (Fsp3) is 0.400. The second kappa shape index (κ2) is 8.48. The van der Waals surface area contributed by atoms with E-state index in [1.165, 1.54) is 6.26 Å². The van der Waals surface area contributed by atoms with Gasteiger partial charge in [0, 0.05) is 38.3 Å². The Hall–Kier alpha value is -2.47. The van der Waals surface area contributed by atoms with Gasteiger partial charge < -0.3 is 19.5 Å². The number of halogens is 1. The van der Waals surface area contributed by atoms with Crippen molar-refractivity contribution < 1.29 is 14.0 Å². The number of nitrogens with zero attached hydrogens (tertiary/aromatic N) is 2. The number of hydrogen-bond donors (Lipinski definition) is 1. The summed E-state index contributed by atoms with van der Waals surface area (Å²) < 4.78 is 5.19. The van der Waals surface area contributed by atoms with E-state index in [0.717, 1.165) is 5.69 Å². The number of nitrogens with one attached hydrogen (secondary N) is 1. The first kappa shape index (κ1) is 19.3. The molecular formula is C20H24ClN3O3. The Morgan fingerprint density at radius 1 is 1.19 bits per heavy atom. The standard InChI is InChI=1S/C20H24ClN3O3/c1-14(2)12-19(25)22-15-5-6-17(16(21)13-15)23-7-9-24(10-8-23)20(26)18-4-3-11-27-18/h3-6,11,13-14H,7-10,12H2,1-2H3,(H,22,25). The van der Waals surface area contributed by atoms with Gasteiger partial charge in [0.2, 0.25) is 5.91 Å². The van der Waals surface area contributed by atoms with E-state index in [-0.39, 0.29) is 11.8 Å². The summed E-state index contributed by atoms with van der Waals surface area (Å²) in [5.41, 5.74) is 1.60. The van der Waals surface area contributed by atoms with Crippen LogP contribution in [0.1, 0.15) is 30.8 Å².